The third-order valence-electron chi connectivity index (χ3n) is 3.27. The first-order valence-electron chi connectivity index (χ1n) is 7.04. The Morgan fingerprint density at radius 1 is 1.04 bits per heavy atom. The maximum Gasteiger partial charge on any atom is 0.242 e. The third kappa shape index (κ3) is 4.48. The zero-order chi connectivity index (χ0) is 17.9. The Labute approximate surface area is 151 Å². The van der Waals surface area contributed by atoms with Crippen LogP contribution in [0.5, 0.6) is 0 Å². The summed E-state index contributed by atoms with van der Waals surface area (Å²) in [4.78, 5) is 12.3. The summed E-state index contributed by atoms with van der Waals surface area (Å²) < 4.78 is 26.9. The maximum absolute atomic E-state index is 12.3. The van der Waals surface area contributed by atoms with Crippen LogP contribution in [-0.4, -0.2) is 20.4 Å². The van der Waals surface area contributed by atoms with E-state index in [1.807, 2.05) is 6.92 Å². The lowest BCUT2D eigenvalue weighted by molar-refractivity contribution is -0.117. The van der Waals surface area contributed by atoms with Gasteiger partial charge in [-0.2, -0.15) is 4.72 Å². The SMILES string of the molecule is Cc1ccc(S(=O)(=O)N[C@@H](C)C(=O)Nc2c(Cl)cccc2Cl)cc1. The third-order valence-corrected chi connectivity index (χ3v) is 5.45. The lowest BCUT2D eigenvalue weighted by atomic mass is 10.2. The molecule has 0 aromatic heterocycles. The zero-order valence-corrected chi connectivity index (χ0v) is 15.3. The zero-order valence-electron chi connectivity index (χ0n) is 13.0. The predicted molar refractivity (Wildman–Crippen MR) is 96.1 cm³/mol. The van der Waals surface area contributed by atoms with Gasteiger partial charge in [-0.05, 0) is 38.1 Å². The summed E-state index contributed by atoms with van der Waals surface area (Å²) in [6, 6.07) is 10.1. The molecule has 0 radical (unpaired) electrons. The molecule has 2 aromatic rings. The second-order valence-corrected chi connectivity index (χ2v) is 7.77. The highest BCUT2D eigenvalue weighted by molar-refractivity contribution is 7.89. The highest BCUT2D eigenvalue weighted by atomic mass is 35.5. The first-order valence-corrected chi connectivity index (χ1v) is 9.28. The molecule has 0 aliphatic heterocycles. The quantitative estimate of drug-likeness (QED) is 0.823. The number of para-hydroxylation sites is 1. The van der Waals surface area contributed by atoms with E-state index in [0.29, 0.717) is 0 Å². The Hall–Kier alpha value is -1.60. The van der Waals surface area contributed by atoms with Crippen molar-refractivity contribution in [3.05, 3.63) is 58.1 Å². The van der Waals surface area contributed by atoms with Crippen molar-refractivity contribution >= 4 is 44.8 Å². The van der Waals surface area contributed by atoms with E-state index in [2.05, 4.69) is 10.0 Å². The molecule has 2 aromatic carbocycles. The molecule has 2 N–H and O–H groups in total. The fourth-order valence-electron chi connectivity index (χ4n) is 1.92. The second-order valence-electron chi connectivity index (χ2n) is 5.24. The van der Waals surface area contributed by atoms with Gasteiger partial charge >= 0.3 is 0 Å². The van der Waals surface area contributed by atoms with Gasteiger partial charge in [0.1, 0.15) is 0 Å². The van der Waals surface area contributed by atoms with E-state index < -0.39 is 22.0 Å². The van der Waals surface area contributed by atoms with Crippen LogP contribution in [0.15, 0.2) is 47.4 Å². The van der Waals surface area contributed by atoms with Gasteiger partial charge in [0.25, 0.3) is 0 Å². The molecule has 0 saturated carbocycles. The molecular weight excluding hydrogens is 371 g/mol. The molecular formula is C16H16Cl2N2O3S. The number of hydrogen-bond donors (Lipinski definition) is 2. The van der Waals surface area contributed by atoms with Crippen molar-refractivity contribution in [2.24, 2.45) is 0 Å². The van der Waals surface area contributed by atoms with Crippen molar-refractivity contribution < 1.29 is 13.2 Å². The average molecular weight is 387 g/mol. The van der Waals surface area contributed by atoms with E-state index >= 15 is 0 Å². The topological polar surface area (TPSA) is 75.3 Å². The molecule has 8 heteroatoms. The minimum Gasteiger partial charge on any atom is -0.322 e. The molecule has 0 saturated heterocycles. The van der Waals surface area contributed by atoms with Crippen LogP contribution in [-0.2, 0) is 14.8 Å². The number of amides is 1. The first-order chi connectivity index (χ1) is 11.2. The number of halogens is 2. The number of benzene rings is 2. The standard InChI is InChI=1S/C16H16Cl2N2O3S/c1-10-6-8-12(9-7-10)24(22,23)20-11(2)16(21)19-15-13(17)4-3-5-14(15)18/h3-9,11,20H,1-2H3,(H,19,21)/t11-/m0/s1. The van der Waals surface area contributed by atoms with Crippen molar-refractivity contribution in [2.45, 2.75) is 24.8 Å². The number of sulfonamides is 1. The fourth-order valence-corrected chi connectivity index (χ4v) is 3.62. The van der Waals surface area contributed by atoms with Gasteiger partial charge in [0.2, 0.25) is 15.9 Å². The Balaban J connectivity index is 2.12. The van der Waals surface area contributed by atoms with Gasteiger partial charge in [-0.3, -0.25) is 4.79 Å². The van der Waals surface area contributed by atoms with Crippen molar-refractivity contribution in [3.8, 4) is 0 Å². The monoisotopic (exact) mass is 386 g/mol. The van der Waals surface area contributed by atoms with Crippen LogP contribution < -0.4 is 10.0 Å². The van der Waals surface area contributed by atoms with Gasteiger partial charge in [0.05, 0.1) is 26.7 Å². The molecule has 128 valence electrons. The van der Waals surface area contributed by atoms with Gasteiger partial charge in [-0.15, -0.1) is 0 Å². The summed E-state index contributed by atoms with van der Waals surface area (Å²) in [7, 11) is -3.81. The van der Waals surface area contributed by atoms with Gasteiger partial charge in [0.15, 0.2) is 0 Å². The minimum absolute atomic E-state index is 0.0866. The highest BCUT2D eigenvalue weighted by Crippen LogP contribution is 2.29. The molecule has 0 aliphatic carbocycles. The molecule has 1 amide bonds. The van der Waals surface area contributed by atoms with Crippen molar-refractivity contribution in [3.63, 3.8) is 0 Å². The van der Waals surface area contributed by atoms with Crippen molar-refractivity contribution in [1.82, 2.24) is 4.72 Å². The first kappa shape index (κ1) is 18.7. The molecule has 0 bridgehead atoms. The Bertz CT molecular complexity index is 832. The summed E-state index contributed by atoms with van der Waals surface area (Å²) in [6.07, 6.45) is 0. The molecule has 0 aliphatic rings. The number of hydrogen-bond acceptors (Lipinski definition) is 3. The van der Waals surface area contributed by atoms with E-state index in [0.717, 1.165) is 5.56 Å². The minimum atomic E-state index is -3.81. The predicted octanol–water partition coefficient (Wildman–Crippen LogP) is 3.61. The van der Waals surface area contributed by atoms with Gasteiger partial charge in [-0.1, -0.05) is 47.0 Å². The summed E-state index contributed by atoms with van der Waals surface area (Å²) in [5.74, 6) is -0.569. The number of carbonyl (C=O) groups excluding carboxylic acids is 1. The van der Waals surface area contributed by atoms with Crippen LogP contribution >= 0.6 is 23.2 Å². The molecule has 2 rings (SSSR count). The lowest BCUT2D eigenvalue weighted by Crippen LogP contribution is -2.41. The van der Waals surface area contributed by atoms with Gasteiger partial charge in [-0.25, -0.2) is 8.42 Å². The second kappa shape index (κ2) is 7.53. The largest absolute Gasteiger partial charge is 0.322 e. The van der Waals surface area contributed by atoms with E-state index in [1.54, 1.807) is 30.3 Å². The molecule has 24 heavy (non-hydrogen) atoms. The number of anilines is 1. The number of aryl methyl sites for hydroxylation is 1. The lowest BCUT2D eigenvalue weighted by Gasteiger charge is -2.16. The smallest absolute Gasteiger partial charge is 0.242 e. The molecule has 0 fully saturated rings. The van der Waals surface area contributed by atoms with Crippen molar-refractivity contribution in [1.29, 1.82) is 0 Å². The van der Waals surface area contributed by atoms with Crippen LogP contribution in [0.25, 0.3) is 0 Å². The Kier molecular flexibility index (Phi) is 5.87. The normalized spacial score (nSPS) is 12.7. The Morgan fingerprint density at radius 2 is 1.58 bits per heavy atom. The number of carbonyl (C=O) groups is 1. The van der Waals surface area contributed by atoms with E-state index in [1.165, 1.54) is 19.1 Å². The van der Waals surface area contributed by atoms with Crippen LogP contribution in [0.1, 0.15) is 12.5 Å². The Morgan fingerprint density at radius 3 is 2.12 bits per heavy atom. The van der Waals surface area contributed by atoms with E-state index in [4.69, 9.17) is 23.2 Å². The molecule has 1 atom stereocenters. The highest BCUT2D eigenvalue weighted by Gasteiger charge is 2.23. The van der Waals surface area contributed by atoms with Crippen LogP contribution in [0.4, 0.5) is 5.69 Å². The molecule has 5 nitrogen and oxygen atoms in total. The molecule has 0 heterocycles. The number of rotatable bonds is 5. The van der Waals surface area contributed by atoms with Crippen LogP contribution in [0, 0.1) is 6.92 Å². The van der Waals surface area contributed by atoms with Crippen molar-refractivity contribution in [2.75, 3.05) is 5.32 Å². The van der Waals surface area contributed by atoms with E-state index in [-0.39, 0.29) is 20.6 Å². The molecule has 0 unspecified atom stereocenters. The summed E-state index contributed by atoms with van der Waals surface area (Å²) in [6.45, 7) is 3.29. The maximum atomic E-state index is 12.3. The van der Waals surface area contributed by atoms with E-state index in [9.17, 15) is 13.2 Å². The summed E-state index contributed by atoms with van der Waals surface area (Å²) in [5.41, 5.74) is 1.18. The molecule has 0 spiro atoms. The van der Waals surface area contributed by atoms with Gasteiger partial charge < -0.3 is 5.32 Å². The summed E-state index contributed by atoms with van der Waals surface area (Å²) >= 11 is 12.0. The summed E-state index contributed by atoms with van der Waals surface area (Å²) in [5, 5.41) is 3.07. The fraction of sp³-hybridized carbons (Fsp3) is 0.188. The van der Waals surface area contributed by atoms with Crippen LogP contribution in [0.2, 0.25) is 10.0 Å². The average Bonchev–Trinajstić information content (AvgIpc) is 2.51. The number of nitrogens with one attached hydrogen (secondary N) is 2. The van der Waals surface area contributed by atoms with Crippen LogP contribution in [0.3, 0.4) is 0 Å². The van der Waals surface area contributed by atoms with Gasteiger partial charge in [0, 0.05) is 0 Å².